The Balaban J connectivity index is 2.01. The summed E-state index contributed by atoms with van der Waals surface area (Å²) in [5.41, 5.74) is 1.82. The number of fused-ring (bicyclic) bond motifs is 1. The van der Waals surface area contributed by atoms with Crippen LogP contribution in [0.3, 0.4) is 0 Å². The summed E-state index contributed by atoms with van der Waals surface area (Å²) in [5, 5.41) is 12.6. The van der Waals surface area contributed by atoms with Crippen LogP contribution in [0.2, 0.25) is 0 Å². The van der Waals surface area contributed by atoms with E-state index in [9.17, 15) is 9.90 Å². The number of likely N-dealkylation sites (tertiary alicyclic amines) is 1. The summed E-state index contributed by atoms with van der Waals surface area (Å²) in [4.78, 5) is 12.6. The minimum absolute atomic E-state index is 0.0322. The number of nitrogens with zero attached hydrogens (tertiary/aromatic N) is 1. The molecule has 1 heterocycles. The molecule has 4 rings (SSSR count). The van der Waals surface area contributed by atoms with Crippen molar-refractivity contribution in [3.05, 3.63) is 35.4 Å². The molecule has 6 heteroatoms. The highest BCUT2D eigenvalue weighted by molar-refractivity contribution is 6.67. The minimum Gasteiger partial charge on any atom is -0.498 e. The third kappa shape index (κ3) is 2.32. The van der Waals surface area contributed by atoms with Gasteiger partial charge in [0.2, 0.25) is 3.79 Å². The normalized spacial score (nSPS) is 37.1. The lowest BCUT2D eigenvalue weighted by molar-refractivity contribution is -0.927. The molecule has 3 nitrogen and oxygen atoms in total. The third-order valence-corrected chi connectivity index (χ3v) is 7.52. The molecule has 3 unspecified atom stereocenters. The van der Waals surface area contributed by atoms with E-state index in [1.54, 1.807) is 0 Å². The van der Waals surface area contributed by atoms with Crippen molar-refractivity contribution in [2.75, 3.05) is 13.1 Å². The lowest BCUT2D eigenvalue weighted by Gasteiger charge is -2.59. The number of aryl methyl sites for hydroxylation is 1. The Morgan fingerprint density at radius 1 is 1.12 bits per heavy atom. The van der Waals surface area contributed by atoms with Crippen LogP contribution in [0.4, 0.5) is 4.79 Å². The number of carboxylic acid groups (broad SMARTS) is 1. The molecular weight excluding hydrogens is 381 g/mol. The summed E-state index contributed by atoms with van der Waals surface area (Å²) in [6.07, 6.45) is 5.78. The van der Waals surface area contributed by atoms with E-state index < -0.39 is 15.4 Å². The zero-order valence-corrected chi connectivity index (χ0v) is 16.3. The lowest BCUT2D eigenvalue weighted by Crippen LogP contribution is -2.72. The van der Waals surface area contributed by atoms with Gasteiger partial charge in [0.25, 0.3) is 6.09 Å². The van der Waals surface area contributed by atoms with Crippen molar-refractivity contribution in [2.24, 2.45) is 5.41 Å². The van der Waals surface area contributed by atoms with Crippen LogP contribution in [0.25, 0.3) is 0 Å². The number of quaternary nitrogens is 1. The Hall–Kier alpha value is -0.480. The van der Waals surface area contributed by atoms with Crippen LogP contribution in [0.1, 0.15) is 49.7 Å². The summed E-state index contributed by atoms with van der Waals surface area (Å²) in [6, 6.07) is 8.27. The number of hydrogen-bond acceptors (Lipinski definition) is 2. The molecule has 1 saturated carbocycles. The number of carbonyl (C=O) groups excluding carboxylic acids is 1. The van der Waals surface area contributed by atoms with Gasteiger partial charge in [-0.2, -0.15) is 0 Å². The Bertz CT molecular complexity index is 719. The van der Waals surface area contributed by atoms with E-state index in [4.69, 9.17) is 34.8 Å². The predicted molar refractivity (Wildman–Crippen MR) is 97.6 cm³/mol. The highest BCUT2D eigenvalue weighted by Crippen LogP contribution is 2.68. The van der Waals surface area contributed by atoms with Crippen LogP contribution < -0.4 is 5.11 Å². The van der Waals surface area contributed by atoms with Crippen LogP contribution in [0.15, 0.2) is 24.3 Å². The lowest BCUT2D eigenvalue weighted by atomic mass is 9.53. The van der Waals surface area contributed by atoms with Gasteiger partial charge in [-0.25, -0.2) is 0 Å². The van der Waals surface area contributed by atoms with Gasteiger partial charge >= 0.3 is 0 Å². The first-order chi connectivity index (χ1) is 11.8. The van der Waals surface area contributed by atoms with Gasteiger partial charge < -0.3 is 9.90 Å². The molecule has 1 amide bonds. The second kappa shape index (κ2) is 5.76. The Kier molecular flexibility index (Phi) is 4.12. The SMILES string of the molecule is O=C([O-])[N+]1(CC(Cl)(Cl)Cl)CCC23CCCCC21c1ccccc1CC3. The van der Waals surface area contributed by atoms with Crippen LogP contribution in [0.5, 0.6) is 0 Å². The van der Waals surface area contributed by atoms with E-state index in [-0.39, 0.29) is 16.4 Å². The number of carbonyl (C=O) groups is 1. The highest BCUT2D eigenvalue weighted by Gasteiger charge is 2.73. The topological polar surface area (TPSA) is 40.1 Å². The number of hydrogen-bond donors (Lipinski definition) is 0. The maximum atomic E-state index is 12.6. The van der Waals surface area contributed by atoms with Crippen LogP contribution >= 0.6 is 34.8 Å². The van der Waals surface area contributed by atoms with E-state index in [1.807, 2.05) is 12.1 Å². The van der Waals surface area contributed by atoms with Crippen LogP contribution in [-0.4, -0.2) is 27.5 Å². The predicted octanol–water partition coefficient (Wildman–Crippen LogP) is 4.32. The minimum atomic E-state index is -1.63. The zero-order chi connectivity index (χ0) is 17.9. The highest BCUT2D eigenvalue weighted by atomic mass is 35.6. The second-order valence-electron chi connectivity index (χ2n) is 7.99. The van der Waals surface area contributed by atoms with E-state index in [0.29, 0.717) is 6.54 Å². The first-order valence-corrected chi connectivity index (χ1v) is 10.1. The average molecular weight is 403 g/mol. The molecular formula is C19H22Cl3NO2. The summed E-state index contributed by atoms with van der Waals surface area (Å²) < 4.78 is -1.88. The quantitative estimate of drug-likeness (QED) is 0.518. The van der Waals surface area contributed by atoms with Crippen molar-refractivity contribution in [3.8, 4) is 0 Å². The summed E-state index contributed by atoms with van der Waals surface area (Å²) >= 11 is 18.5. The molecule has 1 saturated heterocycles. The fourth-order valence-electron chi connectivity index (χ4n) is 6.37. The van der Waals surface area contributed by atoms with Crippen LogP contribution in [0, 0.1) is 5.41 Å². The van der Waals surface area contributed by atoms with Crippen LogP contribution in [-0.2, 0) is 12.0 Å². The monoisotopic (exact) mass is 401 g/mol. The fraction of sp³-hybridized carbons (Fsp3) is 0.632. The Labute approximate surface area is 163 Å². The maximum absolute atomic E-state index is 12.6. The van der Waals surface area contributed by atoms with Crippen molar-refractivity contribution in [1.82, 2.24) is 0 Å². The molecule has 0 bridgehead atoms. The molecule has 0 radical (unpaired) electrons. The Morgan fingerprint density at radius 3 is 2.56 bits per heavy atom. The van der Waals surface area contributed by atoms with Gasteiger partial charge in [0, 0.05) is 23.8 Å². The van der Waals surface area contributed by atoms with Crippen molar-refractivity contribution >= 4 is 40.9 Å². The van der Waals surface area contributed by atoms with Gasteiger partial charge in [0.15, 0.2) is 0 Å². The first kappa shape index (κ1) is 17.9. The van der Waals surface area contributed by atoms with E-state index in [1.165, 1.54) is 5.56 Å². The molecule has 1 aliphatic heterocycles. The van der Waals surface area contributed by atoms with Crippen molar-refractivity contribution in [2.45, 2.75) is 54.3 Å². The zero-order valence-electron chi connectivity index (χ0n) is 14.1. The van der Waals surface area contributed by atoms with E-state index in [0.717, 1.165) is 50.5 Å². The molecule has 0 spiro atoms. The molecule has 3 aliphatic rings. The Morgan fingerprint density at radius 2 is 1.84 bits per heavy atom. The van der Waals surface area contributed by atoms with Gasteiger partial charge in [-0.05, 0) is 31.2 Å². The summed E-state index contributed by atoms with van der Waals surface area (Å²) in [7, 11) is 0. The second-order valence-corrected chi connectivity index (χ2v) is 10.5. The van der Waals surface area contributed by atoms with Crippen molar-refractivity contribution < 1.29 is 14.4 Å². The number of rotatable bonds is 1. The maximum Gasteiger partial charge on any atom is 0.258 e. The molecule has 1 aromatic carbocycles. The molecule has 3 atom stereocenters. The molecule has 136 valence electrons. The molecule has 2 fully saturated rings. The molecule has 0 aromatic heterocycles. The molecule has 25 heavy (non-hydrogen) atoms. The van der Waals surface area contributed by atoms with Crippen molar-refractivity contribution in [3.63, 3.8) is 0 Å². The standard InChI is InChI=1S/C19H22Cl3NO2/c20-19(21,22)13-23(16(24)25)12-11-17-8-3-4-9-18(17,23)15-6-2-1-5-14(15)7-10-17/h1-2,5-6H,3-4,7-13H2. The summed E-state index contributed by atoms with van der Waals surface area (Å²) in [5.74, 6) is 0. The molecule has 0 N–H and O–H groups in total. The number of alkyl halides is 3. The largest absolute Gasteiger partial charge is 0.498 e. The molecule has 1 aromatic rings. The number of halogens is 3. The molecule has 2 aliphatic carbocycles. The smallest absolute Gasteiger partial charge is 0.258 e. The van der Waals surface area contributed by atoms with Gasteiger partial charge in [-0.15, -0.1) is 0 Å². The van der Waals surface area contributed by atoms with Crippen molar-refractivity contribution in [1.29, 1.82) is 0 Å². The van der Waals surface area contributed by atoms with Gasteiger partial charge in [-0.3, -0.25) is 4.48 Å². The van der Waals surface area contributed by atoms with Gasteiger partial charge in [0.1, 0.15) is 12.1 Å². The first-order valence-electron chi connectivity index (χ1n) is 9.00. The fourth-order valence-corrected chi connectivity index (χ4v) is 6.98. The number of benzene rings is 1. The van der Waals surface area contributed by atoms with Gasteiger partial charge in [0.05, 0.1) is 6.54 Å². The summed E-state index contributed by atoms with van der Waals surface area (Å²) in [6.45, 7) is 0.431. The van der Waals surface area contributed by atoms with E-state index >= 15 is 0 Å². The number of amides is 1. The third-order valence-electron chi connectivity index (χ3n) is 7.16. The average Bonchev–Trinajstić information content (AvgIpc) is 2.87. The van der Waals surface area contributed by atoms with Gasteiger partial charge in [-0.1, -0.05) is 65.5 Å². The van der Waals surface area contributed by atoms with E-state index in [2.05, 4.69) is 12.1 Å².